The molecular formula is C14H27NO3. The lowest BCUT2D eigenvalue weighted by atomic mass is 9.82. The number of carbonyl (C=O) groups is 2. The summed E-state index contributed by atoms with van der Waals surface area (Å²) in [6, 6.07) is 0. The van der Waals surface area contributed by atoms with Crippen LogP contribution in [0, 0.1) is 11.3 Å². The van der Waals surface area contributed by atoms with Crippen LogP contribution in [0.2, 0.25) is 0 Å². The number of rotatable bonds is 9. The van der Waals surface area contributed by atoms with Crippen molar-refractivity contribution >= 4 is 11.9 Å². The molecule has 18 heavy (non-hydrogen) atoms. The van der Waals surface area contributed by atoms with Crippen LogP contribution in [0.4, 0.5) is 0 Å². The van der Waals surface area contributed by atoms with Crippen molar-refractivity contribution in [1.82, 2.24) is 5.32 Å². The van der Waals surface area contributed by atoms with Crippen LogP contribution in [0.1, 0.15) is 59.8 Å². The molecule has 0 rings (SSSR count). The first-order chi connectivity index (χ1) is 8.43. The highest BCUT2D eigenvalue weighted by atomic mass is 16.4. The molecule has 0 spiro atoms. The highest BCUT2D eigenvalue weighted by molar-refractivity contribution is 5.80. The standard InChI is InChI=1S/C14H27NO3/c1-5-8-9-11(4)12(16)15-10-14(6-2,7-3)13(17)18/h11H,5-10H2,1-4H3,(H,15,16)(H,17,18). The highest BCUT2D eigenvalue weighted by Gasteiger charge is 2.35. The Balaban J connectivity index is 4.36. The van der Waals surface area contributed by atoms with Crippen molar-refractivity contribution in [2.75, 3.05) is 6.54 Å². The predicted octanol–water partition coefficient (Wildman–Crippen LogP) is 2.82. The van der Waals surface area contributed by atoms with E-state index in [9.17, 15) is 14.7 Å². The van der Waals surface area contributed by atoms with E-state index in [1.165, 1.54) is 0 Å². The normalized spacial score (nSPS) is 13.1. The lowest BCUT2D eigenvalue weighted by Crippen LogP contribution is -2.43. The van der Waals surface area contributed by atoms with Crippen molar-refractivity contribution in [2.45, 2.75) is 59.8 Å². The van der Waals surface area contributed by atoms with E-state index in [0.29, 0.717) is 12.8 Å². The number of carboxylic acid groups (broad SMARTS) is 1. The molecule has 0 fully saturated rings. The molecule has 4 nitrogen and oxygen atoms in total. The Labute approximate surface area is 110 Å². The zero-order valence-electron chi connectivity index (χ0n) is 12.1. The van der Waals surface area contributed by atoms with E-state index < -0.39 is 11.4 Å². The summed E-state index contributed by atoms with van der Waals surface area (Å²) in [5, 5.41) is 12.1. The van der Waals surface area contributed by atoms with Crippen LogP contribution in [0.3, 0.4) is 0 Å². The third-order valence-electron chi connectivity index (χ3n) is 3.85. The molecule has 0 aromatic carbocycles. The second-order valence-electron chi connectivity index (χ2n) is 5.05. The van der Waals surface area contributed by atoms with E-state index in [-0.39, 0.29) is 18.4 Å². The molecule has 0 bridgehead atoms. The summed E-state index contributed by atoms with van der Waals surface area (Å²) in [5.41, 5.74) is -0.819. The van der Waals surface area contributed by atoms with Crippen LogP contribution < -0.4 is 5.32 Å². The molecule has 0 saturated heterocycles. The maximum absolute atomic E-state index is 11.8. The lowest BCUT2D eigenvalue weighted by Gasteiger charge is -2.27. The van der Waals surface area contributed by atoms with Crippen molar-refractivity contribution < 1.29 is 14.7 Å². The summed E-state index contributed by atoms with van der Waals surface area (Å²) in [6.45, 7) is 7.92. The summed E-state index contributed by atoms with van der Waals surface area (Å²) >= 11 is 0. The summed E-state index contributed by atoms with van der Waals surface area (Å²) in [5.74, 6) is -0.893. The van der Waals surface area contributed by atoms with Crippen LogP contribution in [0.25, 0.3) is 0 Å². The second kappa shape index (κ2) is 8.11. The minimum absolute atomic E-state index is 0.0315. The fourth-order valence-electron chi connectivity index (χ4n) is 1.95. The number of hydrogen-bond donors (Lipinski definition) is 2. The van der Waals surface area contributed by atoms with E-state index in [1.54, 1.807) is 0 Å². The van der Waals surface area contributed by atoms with Gasteiger partial charge in [-0.2, -0.15) is 0 Å². The Kier molecular flexibility index (Phi) is 7.64. The first-order valence-corrected chi connectivity index (χ1v) is 6.94. The zero-order valence-corrected chi connectivity index (χ0v) is 12.1. The largest absolute Gasteiger partial charge is 0.481 e. The Morgan fingerprint density at radius 2 is 1.78 bits per heavy atom. The monoisotopic (exact) mass is 257 g/mol. The molecule has 0 radical (unpaired) electrons. The zero-order chi connectivity index (χ0) is 14.2. The SMILES string of the molecule is CCCCC(C)C(=O)NCC(CC)(CC)C(=O)O. The molecule has 106 valence electrons. The van der Waals surface area contributed by atoms with Gasteiger partial charge in [-0.25, -0.2) is 0 Å². The fourth-order valence-corrected chi connectivity index (χ4v) is 1.95. The number of carboxylic acids is 1. The van der Waals surface area contributed by atoms with E-state index in [2.05, 4.69) is 12.2 Å². The summed E-state index contributed by atoms with van der Waals surface area (Å²) in [4.78, 5) is 23.1. The van der Waals surface area contributed by atoms with Gasteiger partial charge in [0.1, 0.15) is 0 Å². The molecule has 0 aromatic heterocycles. The molecule has 0 saturated carbocycles. The number of hydrogen-bond acceptors (Lipinski definition) is 2. The Hall–Kier alpha value is -1.06. The number of unbranched alkanes of at least 4 members (excludes halogenated alkanes) is 1. The van der Waals surface area contributed by atoms with Crippen LogP contribution in [0.5, 0.6) is 0 Å². The van der Waals surface area contributed by atoms with Crippen LogP contribution in [0.15, 0.2) is 0 Å². The molecule has 4 heteroatoms. The first kappa shape index (κ1) is 16.9. The van der Waals surface area contributed by atoms with Crippen molar-refractivity contribution in [3.8, 4) is 0 Å². The van der Waals surface area contributed by atoms with E-state index in [4.69, 9.17) is 0 Å². The molecule has 0 aromatic rings. The van der Waals surface area contributed by atoms with Gasteiger partial charge in [0.15, 0.2) is 0 Å². The van der Waals surface area contributed by atoms with Crippen molar-refractivity contribution in [3.63, 3.8) is 0 Å². The maximum atomic E-state index is 11.8. The van der Waals surface area contributed by atoms with Crippen LogP contribution >= 0.6 is 0 Å². The van der Waals surface area contributed by atoms with Crippen molar-refractivity contribution in [3.05, 3.63) is 0 Å². The van der Waals surface area contributed by atoms with Crippen molar-refractivity contribution in [1.29, 1.82) is 0 Å². The Bertz CT molecular complexity index is 272. The van der Waals surface area contributed by atoms with Gasteiger partial charge < -0.3 is 10.4 Å². The minimum Gasteiger partial charge on any atom is -0.481 e. The van der Waals surface area contributed by atoms with Gasteiger partial charge >= 0.3 is 5.97 Å². The van der Waals surface area contributed by atoms with Gasteiger partial charge in [-0.15, -0.1) is 0 Å². The third-order valence-corrected chi connectivity index (χ3v) is 3.85. The molecule has 2 N–H and O–H groups in total. The summed E-state index contributed by atoms with van der Waals surface area (Å²) in [7, 11) is 0. The quantitative estimate of drug-likeness (QED) is 0.667. The molecule has 0 aliphatic heterocycles. The third kappa shape index (κ3) is 4.67. The first-order valence-electron chi connectivity index (χ1n) is 6.94. The van der Waals surface area contributed by atoms with Crippen LogP contribution in [-0.2, 0) is 9.59 Å². The Morgan fingerprint density at radius 3 is 2.17 bits per heavy atom. The van der Waals surface area contributed by atoms with E-state index in [0.717, 1.165) is 19.3 Å². The van der Waals surface area contributed by atoms with Gasteiger partial charge in [0.2, 0.25) is 5.91 Å². The number of amides is 1. The van der Waals surface area contributed by atoms with Gasteiger partial charge in [0.25, 0.3) is 0 Å². The molecule has 0 aliphatic carbocycles. The second-order valence-corrected chi connectivity index (χ2v) is 5.05. The molecule has 0 heterocycles. The molecule has 1 atom stereocenters. The van der Waals surface area contributed by atoms with Gasteiger partial charge in [-0.1, -0.05) is 40.5 Å². The number of nitrogens with one attached hydrogen (secondary N) is 1. The molecule has 0 aliphatic rings. The van der Waals surface area contributed by atoms with Crippen LogP contribution in [-0.4, -0.2) is 23.5 Å². The van der Waals surface area contributed by atoms with E-state index in [1.807, 2.05) is 20.8 Å². The van der Waals surface area contributed by atoms with Gasteiger partial charge in [0.05, 0.1) is 5.41 Å². The lowest BCUT2D eigenvalue weighted by molar-refractivity contribution is -0.149. The smallest absolute Gasteiger partial charge is 0.311 e. The topological polar surface area (TPSA) is 66.4 Å². The number of carbonyl (C=O) groups excluding carboxylic acids is 1. The summed E-state index contributed by atoms with van der Waals surface area (Å²) < 4.78 is 0. The van der Waals surface area contributed by atoms with E-state index >= 15 is 0 Å². The van der Waals surface area contributed by atoms with Gasteiger partial charge in [0, 0.05) is 12.5 Å². The molecule has 1 unspecified atom stereocenters. The average Bonchev–Trinajstić information content (AvgIpc) is 2.36. The van der Waals surface area contributed by atoms with Gasteiger partial charge in [-0.3, -0.25) is 9.59 Å². The fraction of sp³-hybridized carbons (Fsp3) is 0.857. The number of aliphatic carboxylic acids is 1. The Morgan fingerprint density at radius 1 is 1.22 bits per heavy atom. The van der Waals surface area contributed by atoms with Crippen molar-refractivity contribution in [2.24, 2.45) is 11.3 Å². The van der Waals surface area contributed by atoms with Gasteiger partial charge in [-0.05, 0) is 19.3 Å². The molecule has 1 amide bonds. The predicted molar refractivity (Wildman–Crippen MR) is 72.3 cm³/mol. The maximum Gasteiger partial charge on any atom is 0.311 e. The summed E-state index contributed by atoms with van der Waals surface area (Å²) in [6.07, 6.45) is 4.02. The molecular weight excluding hydrogens is 230 g/mol. The minimum atomic E-state index is -0.825. The highest BCUT2D eigenvalue weighted by Crippen LogP contribution is 2.25. The average molecular weight is 257 g/mol.